The van der Waals surface area contributed by atoms with Gasteiger partial charge in [-0.2, -0.15) is 0 Å². The van der Waals surface area contributed by atoms with Crippen molar-refractivity contribution in [2.75, 3.05) is 0 Å². The first-order valence-corrected chi connectivity index (χ1v) is 6.46. The van der Waals surface area contributed by atoms with Gasteiger partial charge in [-0.3, -0.25) is 4.79 Å². The summed E-state index contributed by atoms with van der Waals surface area (Å²) in [5.41, 5.74) is 1.68. The first-order valence-electron chi connectivity index (χ1n) is 6.46. The van der Waals surface area contributed by atoms with Crippen molar-refractivity contribution in [1.29, 1.82) is 0 Å². The summed E-state index contributed by atoms with van der Waals surface area (Å²) >= 11 is 0. The van der Waals surface area contributed by atoms with Crippen LogP contribution in [0.2, 0.25) is 0 Å². The molecule has 0 atom stereocenters. The van der Waals surface area contributed by atoms with Crippen molar-refractivity contribution < 1.29 is 9.21 Å². The Balaban J connectivity index is 2.30. The van der Waals surface area contributed by atoms with Gasteiger partial charge in [0.05, 0.1) is 0 Å². The third kappa shape index (κ3) is 2.26. The lowest BCUT2D eigenvalue weighted by Crippen LogP contribution is -2.33. The third-order valence-corrected chi connectivity index (χ3v) is 3.37. The van der Waals surface area contributed by atoms with Crippen LogP contribution in [0.25, 0.3) is 11.0 Å². The number of carbonyl (C=O) groups is 1. The molecule has 1 aromatic carbocycles. The Bertz CT molecular complexity index is 553. The second kappa shape index (κ2) is 5.25. The van der Waals surface area contributed by atoms with E-state index >= 15 is 0 Å². The van der Waals surface area contributed by atoms with Crippen LogP contribution in [-0.2, 0) is 0 Å². The predicted octanol–water partition coefficient (Wildman–Crippen LogP) is 3.66. The first-order chi connectivity index (χ1) is 8.67. The molecule has 0 fully saturated rings. The molecule has 1 heterocycles. The number of hydrogen-bond acceptors (Lipinski definition) is 2. The number of benzene rings is 1. The van der Waals surface area contributed by atoms with Gasteiger partial charge in [-0.05, 0) is 25.8 Å². The maximum absolute atomic E-state index is 12.2. The van der Waals surface area contributed by atoms with E-state index in [1.54, 1.807) is 0 Å². The van der Waals surface area contributed by atoms with E-state index in [0.29, 0.717) is 5.76 Å². The van der Waals surface area contributed by atoms with Crippen LogP contribution in [-0.4, -0.2) is 11.9 Å². The second-order valence-electron chi connectivity index (χ2n) is 4.54. The Hall–Kier alpha value is -1.77. The average Bonchev–Trinajstić information content (AvgIpc) is 2.74. The van der Waals surface area contributed by atoms with Crippen LogP contribution in [0.4, 0.5) is 0 Å². The van der Waals surface area contributed by atoms with Crippen LogP contribution in [0.3, 0.4) is 0 Å². The van der Waals surface area contributed by atoms with E-state index in [4.69, 9.17) is 4.42 Å². The Morgan fingerprint density at radius 2 is 1.94 bits per heavy atom. The SMILES string of the molecule is CCC(CC)NC(=O)c1oc2ccccc2c1C. The molecule has 2 aromatic rings. The van der Waals surface area contributed by atoms with Gasteiger partial charge in [-0.15, -0.1) is 0 Å². The largest absolute Gasteiger partial charge is 0.451 e. The van der Waals surface area contributed by atoms with Crippen molar-refractivity contribution in [3.63, 3.8) is 0 Å². The molecular weight excluding hydrogens is 226 g/mol. The van der Waals surface area contributed by atoms with Crippen LogP contribution < -0.4 is 5.32 Å². The van der Waals surface area contributed by atoms with Gasteiger partial charge < -0.3 is 9.73 Å². The van der Waals surface area contributed by atoms with Gasteiger partial charge in [0.1, 0.15) is 5.58 Å². The smallest absolute Gasteiger partial charge is 0.287 e. The number of nitrogens with one attached hydrogen (secondary N) is 1. The molecule has 18 heavy (non-hydrogen) atoms. The average molecular weight is 245 g/mol. The van der Waals surface area contributed by atoms with Crippen molar-refractivity contribution in [3.05, 3.63) is 35.6 Å². The maximum atomic E-state index is 12.2. The minimum absolute atomic E-state index is 0.114. The summed E-state index contributed by atoms with van der Waals surface area (Å²) < 4.78 is 5.64. The summed E-state index contributed by atoms with van der Waals surface area (Å²) in [6, 6.07) is 7.93. The number of hydrogen-bond donors (Lipinski definition) is 1. The van der Waals surface area contributed by atoms with Crippen molar-refractivity contribution in [2.45, 2.75) is 39.7 Å². The first kappa shape index (κ1) is 12.7. The van der Waals surface area contributed by atoms with Crippen LogP contribution >= 0.6 is 0 Å². The monoisotopic (exact) mass is 245 g/mol. The van der Waals surface area contributed by atoms with Crippen LogP contribution in [0.15, 0.2) is 28.7 Å². The molecule has 0 saturated carbocycles. The van der Waals surface area contributed by atoms with Gasteiger partial charge in [-0.25, -0.2) is 0 Å². The molecule has 0 aliphatic carbocycles. The molecule has 2 rings (SSSR count). The molecule has 1 amide bonds. The van der Waals surface area contributed by atoms with E-state index in [9.17, 15) is 4.79 Å². The molecular formula is C15H19NO2. The summed E-state index contributed by atoms with van der Waals surface area (Å²) in [6.45, 7) is 6.06. The molecule has 1 aromatic heterocycles. The molecule has 0 unspecified atom stereocenters. The summed E-state index contributed by atoms with van der Waals surface area (Å²) in [7, 11) is 0. The fourth-order valence-corrected chi connectivity index (χ4v) is 2.13. The number of carbonyl (C=O) groups excluding carboxylic acids is 1. The molecule has 0 bridgehead atoms. The standard InChI is InChI=1S/C15H19NO2/c1-4-11(5-2)16-15(17)14-10(3)12-8-6-7-9-13(12)18-14/h6-9,11H,4-5H2,1-3H3,(H,16,17). The number of aryl methyl sites for hydroxylation is 1. The van der Waals surface area contributed by atoms with Gasteiger partial charge in [0, 0.05) is 17.0 Å². The van der Waals surface area contributed by atoms with Crippen molar-refractivity contribution >= 4 is 16.9 Å². The minimum atomic E-state index is -0.114. The highest BCUT2D eigenvalue weighted by Gasteiger charge is 2.18. The highest BCUT2D eigenvalue weighted by atomic mass is 16.3. The highest BCUT2D eigenvalue weighted by Crippen LogP contribution is 2.24. The fraction of sp³-hybridized carbons (Fsp3) is 0.400. The second-order valence-corrected chi connectivity index (χ2v) is 4.54. The van der Waals surface area contributed by atoms with Crippen LogP contribution in [0.5, 0.6) is 0 Å². The van der Waals surface area contributed by atoms with Crippen molar-refractivity contribution in [1.82, 2.24) is 5.32 Å². The summed E-state index contributed by atoms with van der Waals surface area (Å²) in [5.74, 6) is 0.320. The number of furan rings is 1. The zero-order valence-corrected chi connectivity index (χ0v) is 11.1. The Kier molecular flexibility index (Phi) is 3.70. The summed E-state index contributed by atoms with van der Waals surface area (Å²) in [4.78, 5) is 12.2. The topological polar surface area (TPSA) is 42.2 Å². The molecule has 0 aliphatic heterocycles. The van der Waals surface area contributed by atoms with Gasteiger partial charge >= 0.3 is 0 Å². The third-order valence-electron chi connectivity index (χ3n) is 3.37. The van der Waals surface area contributed by atoms with E-state index in [2.05, 4.69) is 19.2 Å². The van der Waals surface area contributed by atoms with Gasteiger partial charge in [0.2, 0.25) is 0 Å². The summed E-state index contributed by atoms with van der Waals surface area (Å²) in [5, 5.41) is 4.01. The quantitative estimate of drug-likeness (QED) is 0.893. The van der Waals surface area contributed by atoms with Crippen molar-refractivity contribution in [3.8, 4) is 0 Å². The Morgan fingerprint density at radius 3 is 2.56 bits per heavy atom. The van der Waals surface area contributed by atoms with E-state index in [1.807, 2.05) is 31.2 Å². The summed E-state index contributed by atoms with van der Waals surface area (Å²) in [6.07, 6.45) is 1.86. The molecule has 0 spiro atoms. The maximum Gasteiger partial charge on any atom is 0.287 e. The Labute approximate surface area is 107 Å². The van der Waals surface area contributed by atoms with Crippen LogP contribution in [0.1, 0.15) is 42.8 Å². The normalized spacial score (nSPS) is 11.1. The molecule has 3 heteroatoms. The molecule has 0 saturated heterocycles. The number of para-hydroxylation sites is 1. The van der Waals surface area contributed by atoms with Gasteiger partial charge in [-0.1, -0.05) is 32.0 Å². The predicted molar refractivity (Wildman–Crippen MR) is 72.8 cm³/mol. The number of fused-ring (bicyclic) bond motifs is 1. The molecule has 1 N–H and O–H groups in total. The lowest BCUT2D eigenvalue weighted by atomic mass is 10.1. The molecule has 0 aliphatic rings. The van der Waals surface area contributed by atoms with E-state index in [-0.39, 0.29) is 11.9 Å². The highest BCUT2D eigenvalue weighted by molar-refractivity contribution is 5.98. The lowest BCUT2D eigenvalue weighted by Gasteiger charge is -2.13. The zero-order chi connectivity index (χ0) is 13.1. The van der Waals surface area contributed by atoms with Crippen molar-refractivity contribution in [2.24, 2.45) is 0 Å². The lowest BCUT2D eigenvalue weighted by molar-refractivity contribution is 0.0908. The zero-order valence-electron chi connectivity index (χ0n) is 11.1. The molecule has 0 radical (unpaired) electrons. The minimum Gasteiger partial charge on any atom is -0.451 e. The van der Waals surface area contributed by atoms with Crippen LogP contribution in [0, 0.1) is 6.92 Å². The van der Waals surface area contributed by atoms with E-state index < -0.39 is 0 Å². The number of amides is 1. The van der Waals surface area contributed by atoms with Gasteiger partial charge in [0.25, 0.3) is 5.91 Å². The van der Waals surface area contributed by atoms with Gasteiger partial charge in [0.15, 0.2) is 5.76 Å². The van der Waals surface area contributed by atoms with E-state index in [0.717, 1.165) is 29.4 Å². The molecule has 3 nitrogen and oxygen atoms in total. The van der Waals surface area contributed by atoms with E-state index in [1.165, 1.54) is 0 Å². The molecule has 96 valence electrons. The fourth-order valence-electron chi connectivity index (χ4n) is 2.13. The Morgan fingerprint density at radius 1 is 1.28 bits per heavy atom. The number of rotatable bonds is 4.